The molecule has 0 saturated heterocycles. The molecule has 4 nitrogen and oxygen atoms in total. The third kappa shape index (κ3) is 3.23. The van der Waals surface area contributed by atoms with Crippen LogP contribution in [0.5, 0.6) is 0 Å². The molecule has 1 heterocycles. The van der Waals surface area contributed by atoms with E-state index in [-0.39, 0.29) is 11.9 Å². The Morgan fingerprint density at radius 3 is 2.75 bits per heavy atom. The first-order chi connectivity index (χ1) is 7.56. The zero-order chi connectivity index (χ0) is 12.1. The van der Waals surface area contributed by atoms with Crippen LogP contribution in [0.4, 0.5) is 0 Å². The van der Waals surface area contributed by atoms with Gasteiger partial charge in [-0.2, -0.15) is 0 Å². The Labute approximate surface area is 101 Å². The summed E-state index contributed by atoms with van der Waals surface area (Å²) in [5, 5.41) is 3.71. The molecule has 0 radical (unpaired) electrons. The number of hydrogen-bond donors (Lipinski definition) is 0. The van der Waals surface area contributed by atoms with Crippen molar-refractivity contribution in [2.45, 2.75) is 33.2 Å². The molecule has 0 unspecified atom stereocenters. The van der Waals surface area contributed by atoms with Gasteiger partial charge in [-0.25, -0.2) is 0 Å². The summed E-state index contributed by atoms with van der Waals surface area (Å²) in [7, 11) is 0. The first kappa shape index (κ1) is 13.0. The summed E-state index contributed by atoms with van der Waals surface area (Å²) in [6.45, 7) is 6.36. The van der Waals surface area contributed by atoms with Gasteiger partial charge in [-0.05, 0) is 27.2 Å². The number of alkyl halides is 1. The molecule has 0 aliphatic rings. The summed E-state index contributed by atoms with van der Waals surface area (Å²) >= 11 is 5.63. The van der Waals surface area contributed by atoms with Gasteiger partial charge >= 0.3 is 0 Å². The molecule has 16 heavy (non-hydrogen) atoms. The van der Waals surface area contributed by atoms with Gasteiger partial charge in [0.25, 0.3) is 5.91 Å². The van der Waals surface area contributed by atoms with E-state index in [9.17, 15) is 4.79 Å². The first-order valence-electron chi connectivity index (χ1n) is 5.36. The first-order valence-corrected chi connectivity index (χ1v) is 5.90. The van der Waals surface area contributed by atoms with Crippen LogP contribution < -0.4 is 0 Å². The molecule has 5 heteroatoms. The van der Waals surface area contributed by atoms with Crippen LogP contribution in [0.1, 0.15) is 36.5 Å². The van der Waals surface area contributed by atoms with Crippen LogP contribution in [0.3, 0.4) is 0 Å². The lowest BCUT2D eigenvalue weighted by molar-refractivity contribution is 0.0664. The van der Waals surface area contributed by atoms with Gasteiger partial charge in [-0.15, -0.1) is 11.6 Å². The van der Waals surface area contributed by atoms with E-state index in [1.165, 1.54) is 0 Å². The van der Waals surface area contributed by atoms with E-state index < -0.39 is 0 Å². The summed E-state index contributed by atoms with van der Waals surface area (Å²) in [5.41, 5.74) is 0.712. The van der Waals surface area contributed by atoms with Crippen molar-refractivity contribution in [3.8, 4) is 0 Å². The second-order valence-corrected chi connectivity index (χ2v) is 4.35. The summed E-state index contributed by atoms with van der Waals surface area (Å²) in [6, 6.07) is 1.78. The molecule has 0 bridgehead atoms. The van der Waals surface area contributed by atoms with Crippen LogP contribution in [-0.4, -0.2) is 34.4 Å². The van der Waals surface area contributed by atoms with Crippen LogP contribution in [0.25, 0.3) is 0 Å². The van der Waals surface area contributed by atoms with E-state index >= 15 is 0 Å². The fourth-order valence-corrected chi connectivity index (χ4v) is 1.55. The zero-order valence-corrected chi connectivity index (χ0v) is 10.6. The molecule has 0 spiro atoms. The average Bonchev–Trinajstić information content (AvgIpc) is 2.64. The molecule has 0 N–H and O–H groups in total. The molecule has 0 aliphatic carbocycles. The van der Waals surface area contributed by atoms with E-state index in [1.807, 2.05) is 13.8 Å². The number of aryl methyl sites for hydroxylation is 1. The Hall–Kier alpha value is -1.03. The predicted octanol–water partition coefficient (Wildman–Crippen LogP) is 2.46. The highest BCUT2D eigenvalue weighted by atomic mass is 35.5. The fraction of sp³-hybridized carbons (Fsp3) is 0.636. The van der Waals surface area contributed by atoms with E-state index in [2.05, 4.69) is 5.16 Å². The van der Waals surface area contributed by atoms with Crippen molar-refractivity contribution >= 4 is 17.5 Å². The predicted molar refractivity (Wildman–Crippen MR) is 62.7 cm³/mol. The summed E-state index contributed by atoms with van der Waals surface area (Å²) in [4.78, 5) is 13.8. The molecule has 1 aromatic rings. The number of halogens is 1. The SMILES string of the molecule is Cc1cc(C(=O)N(CCCCl)C(C)C)on1. The Balaban J connectivity index is 2.74. The zero-order valence-electron chi connectivity index (χ0n) is 9.86. The summed E-state index contributed by atoms with van der Waals surface area (Å²) < 4.78 is 4.96. The highest BCUT2D eigenvalue weighted by Crippen LogP contribution is 2.10. The number of hydrogen-bond acceptors (Lipinski definition) is 3. The second kappa shape index (κ2) is 5.89. The molecule has 0 aliphatic heterocycles. The van der Waals surface area contributed by atoms with Gasteiger partial charge in [0.2, 0.25) is 5.76 Å². The molecule has 0 atom stereocenters. The van der Waals surface area contributed by atoms with Gasteiger partial charge in [0, 0.05) is 24.5 Å². The Kier molecular flexibility index (Phi) is 4.80. The monoisotopic (exact) mass is 244 g/mol. The third-order valence-electron chi connectivity index (χ3n) is 2.26. The fourth-order valence-electron chi connectivity index (χ4n) is 1.43. The Morgan fingerprint density at radius 2 is 2.31 bits per heavy atom. The minimum atomic E-state index is -0.124. The number of aromatic nitrogens is 1. The quantitative estimate of drug-likeness (QED) is 0.748. The van der Waals surface area contributed by atoms with Gasteiger partial charge in [-0.3, -0.25) is 4.79 Å². The molecule has 1 rings (SSSR count). The highest BCUT2D eigenvalue weighted by molar-refractivity contribution is 6.17. The lowest BCUT2D eigenvalue weighted by Crippen LogP contribution is -2.37. The number of amides is 1. The number of rotatable bonds is 5. The van der Waals surface area contributed by atoms with Crippen LogP contribution in [0, 0.1) is 6.92 Å². The van der Waals surface area contributed by atoms with E-state index in [1.54, 1.807) is 17.9 Å². The van der Waals surface area contributed by atoms with Crippen molar-refractivity contribution in [2.24, 2.45) is 0 Å². The molecule has 90 valence electrons. The highest BCUT2D eigenvalue weighted by Gasteiger charge is 2.21. The van der Waals surface area contributed by atoms with Gasteiger partial charge in [0.05, 0.1) is 5.69 Å². The molecule has 0 saturated carbocycles. The van der Waals surface area contributed by atoms with Crippen molar-refractivity contribution in [1.29, 1.82) is 0 Å². The maximum atomic E-state index is 12.1. The van der Waals surface area contributed by atoms with E-state index in [4.69, 9.17) is 16.1 Å². The average molecular weight is 245 g/mol. The van der Waals surface area contributed by atoms with Crippen molar-refractivity contribution in [3.63, 3.8) is 0 Å². The normalized spacial score (nSPS) is 10.8. The van der Waals surface area contributed by atoms with Gasteiger partial charge < -0.3 is 9.42 Å². The van der Waals surface area contributed by atoms with Crippen LogP contribution >= 0.6 is 11.6 Å². The maximum Gasteiger partial charge on any atom is 0.292 e. The van der Waals surface area contributed by atoms with Crippen molar-refractivity contribution in [3.05, 3.63) is 17.5 Å². The molecular formula is C11H17ClN2O2. The standard InChI is InChI=1S/C11H17ClN2O2/c1-8(2)14(6-4-5-12)11(15)10-7-9(3)13-16-10/h7-8H,4-6H2,1-3H3. The molecule has 1 amide bonds. The lowest BCUT2D eigenvalue weighted by Gasteiger charge is -2.25. The van der Waals surface area contributed by atoms with E-state index in [0.29, 0.717) is 23.9 Å². The summed E-state index contributed by atoms with van der Waals surface area (Å²) in [5.74, 6) is 0.716. The Morgan fingerprint density at radius 1 is 1.62 bits per heavy atom. The minimum absolute atomic E-state index is 0.124. The molecule has 0 aromatic carbocycles. The number of carbonyl (C=O) groups is 1. The Bertz CT molecular complexity index is 350. The minimum Gasteiger partial charge on any atom is -0.351 e. The van der Waals surface area contributed by atoms with Gasteiger partial charge in [0.15, 0.2) is 0 Å². The van der Waals surface area contributed by atoms with Crippen molar-refractivity contribution in [1.82, 2.24) is 10.1 Å². The van der Waals surface area contributed by atoms with Gasteiger partial charge in [-0.1, -0.05) is 5.16 Å². The molecule has 1 aromatic heterocycles. The maximum absolute atomic E-state index is 12.1. The second-order valence-electron chi connectivity index (χ2n) is 3.97. The van der Waals surface area contributed by atoms with Crippen molar-refractivity contribution < 1.29 is 9.32 Å². The smallest absolute Gasteiger partial charge is 0.292 e. The molecule has 0 fully saturated rings. The van der Waals surface area contributed by atoms with Crippen molar-refractivity contribution in [2.75, 3.05) is 12.4 Å². The van der Waals surface area contributed by atoms with Crippen LogP contribution in [0.2, 0.25) is 0 Å². The number of nitrogens with zero attached hydrogens (tertiary/aromatic N) is 2. The molecular weight excluding hydrogens is 228 g/mol. The summed E-state index contributed by atoms with van der Waals surface area (Å²) in [6.07, 6.45) is 0.776. The third-order valence-corrected chi connectivity index (χ3v) is 2.52. The topological polar surface area (TPSA) is 46.3 Å². The van der Waals surface area contributed by atoms with Gasteiger partial charge in [0.1, 0.15) is 0 Å². The lowest BCUT2D eigenvalue weighted by atomic mass is 10.2. The largest absolute Gasteiger partial charge is 0.351 e. The number of carbonyl (C=O) groups excluding carboxylic acids is 1. The van der Waals surface area contributed by atoms with Crippen LogP contribution in [-0.2, 0) is 0 Å². The van der Waals surface area contributed by atoms with E-state index in [0.717, 1.165) is 6.42 Å². The van der Waals surface area contributed by atoms with Crippen LogP contribution in [0.15, 0.2) is 10.6 Å².